The van der Waals surface area contributed by atoms with Gasteiger partial charge >= 0.3 is 0 Å². The van der Waals surface area contributed by atoms with E-state index < -0.39 is 5.91 Å². The quantitative estimate of drug-likeness (QED) is 0.386. The van der Waals surface area contributed by atoms with Crippen molar-refractivity contribution >= 4 is 23.8 Å². The van der Waals surface area contributed by atoms with Crippen LogP contribution in [0.2, 0.25) is 0 Å². The van der Waals surface area contributed by atoms with Crippen LogP contribution in [0.4, 0.5) is 0 Å². The van der Waals surface area contributed by atoms with Crippen LogP contribution in [0.1, 0.15) is 23.7 Å². The first-order chi connectivity index (χ1) is 10.8. The molecular weight excluding hydrogens is 316 g/mol. The lowest BCUT2D eigenvalue weighted by Gasteiger charge is -2.06. The van der Waals surface area contributed by atoms with Crippen LogP contribution in [-0.4, -0.2) is 26.7 Å². The molecule has 0 aliphatic heterocycles. The van der Waals surface area contributed by atoms with Crippen molar-refractivity contribution in [3.8, 4) is 5.75 Å². The number of rotatable bonds is 4. The smallest absolute Gasteiger partial charge is 0.251 e. The molecule has 0 unspecified atom stereocenters. The number of hydrogen-bond donors (Lipinski definition) is 4. The minimum Gasteiger partial charge on any atom is -0.507 e. The van der Waals surface area contributed by atoms with Crippen molar-refractivity contribution in [1.29, 1.82) is 0 Å². The molecule has 8 heteroatoms. The van der Waals surface area contributed by atoms with Crippen molar-refractivity contribution < 1.29 is 9.90 Å². The van der Waals surface area contributed by atoms with Crippen LogP contribution in [0.3, 0.4) is 0 Å². The molecule has 0 saturated heterocycles. The molecule has 0 radical (unpaired) electrons. The maximum absolute atomic E-state index is 11.9. The second-order valence-corrected chi connectivity index (χ2v) is 5.45. The van der Waals surface area contributed by atoms with Crippen LogP contribution in [0.5, 0.6) is 5.75 Å². The summed E-state index contributed by atoms with van der Waals surface area (Å²) in [7, 11) is 0. The van der Waals surface area contributed by atoms with Gasteiger partial charge < -0.3 is 10.1 Å². The third-order valence-electron chi connectivity index (χ3n) is 3.06. The van der Waals surface area contributed by atoms with Crippen LogP contribution in [-0.2, 0) is 11.2 Å². The number of carbonyl (C=O) groups is 1. The Morgan fingerprint density at radius 2 is 2.09 bits per heavy atom. The summed E-state index contributed by atoms with van der Waals surface area (Å²) in [5.41, 5.74) is 4.38. The third-order valence-corrected chi connectivity index (χ3v) is 3.26. The number of aromatic amines is 2. The number of aromatic hydroxyl groups is 1. The fourth-order valence-electron chi connectivity index (χ4n) is 1.97. The molecule has 0 atom stereocenters. The molecule has 23 heavy (non-hydrogen) atoms. The van der Waals surface area contributed by atoms with Crippen LogP contribution in [0, 0.1) is 11.7 Å². The first kappa shape index (κ1) is 16.6. The number of nitrogens with zero attached hydrogens (tertiary/aromatic N) is 1. The van der Waals surface area contributed by atoms with Gasteiger partial charge in [-0.25, -0.2) is 5.43 Å². The van der Waals surface area contributed by atoms with Crippen molar-refractivity contribution in [3.63, 3.8) is 0 Å². The number of phenolic OH excluding ortho intramolecular Hbond substituents is 1. The van der Waals surface area contributed by atoms with E-state index in [-0.39, 0.29) is 22.5 Å². The van der Waals surface area contributed by atoms with Gasteiger partial charge in [0.05, 0.1) is 12.1 Å². The number of benzene rings is 1. The lowest BCUT2D eigenvalue weighted by molar-refractivity contribution is -0.120. The molecule has 1 aromatic carbocycles. The Kier molecular flexibility index (Phi) is 5.07. The SMILES string of the molecule is C/C(=N\NC(=O)Cc1cc(=O)[nH]c(=S)[nH]1)c1cc(C)ccc1O. The number of H-pyrrole nitrogens is 2. The Morgan fingerprint density at radius 1 is 1.35 bits per heavy atom. The molecule has 7 nitrogen and oxygen atoms in total. The molecule has 0 fully saturated rings. The van der Waals surface area contributed by atoms with E-state index in [0.717, 1.165) is 5.56 Å². The number of aryl methyl sites for hydroxylation is 1. The molecule has 0 aliphatic carbocycles. The van der Waals surface area contributed by atoms with Gasteiger partial charge in [0.1, 0.15) is 5.75 Å². The van der Waals surface area contributed by atoms with E-state index in [1.165, 1.54) is 6.07 Å². The van der Waals surface area contributed by atoms with Crippen LogP contribution in [0.25, 0.3) is 0 Å². The van der Waals surface area contributed by atoms with Gasteiger partial charge in [-0.2, -0.15) is 5.10 Å². The Labute approximate surface area is 137 Å². The highest BCUT2D eigenvalue weighted by molar-refractivity contribution is 7.71. The van der Waals surface area contributed by atoms with Gasteiger partial charge in [0.2, 0.25) is 5.91 Å². The summed E-state index contributed by atoms with van der Waals surface area (Å²) in [5, 5.41) is 13.8. The molecule has 1 heterocycles. The van der Waals surface area contributed by atoms with Gasteiger partial charge in [-0.05, 0) is 38.2 Å². The average molecular weight is 332 g/mol. The zero-order valence-electron chi connectivity index (χ0n) is 12.6. The molecule has 2 aromatic rings. The highest BCUT2D eigenvalue weighted by Gasteiger charge is 2.07. The Hall–Kier alpha value is -2.74. The molecule has 1 aromatic heterocycles. The minimum absolute atomic E-state index is 0.0653. The molecule has 0 bridgehead atoms. The van der Waals surface area contributed by atoms with Gasteiger partial charge in [-0.3, -0.25) is 14.6 Å². The lowest BCUT2D eigenvalue weighted by atomic mass is 10.1. The normalized spacial score (nSPS) is 11.3. The summed E-state index contributed by atoms with van der Waals surface area (Å²) in [4.78, 5) is 28.3. The second kappa shape index (κ2) is 7.01. The summed E-state index contributed by atoms with van der Waals surface area (Å²) in [5.74, 6) is -0.322. The molecule has 0 spiro atoms. The topological polar surface area (TPSA) is 110 Å². The summed E-state index contributed by atoms with van der Waals surface area (Å²) < 4.78 is 0.157. The highest BCUT2D eigenvalue weighted by atomic mass is 32.1. The van der Waals surface area contributed by atoms with E-state index in [9.17, 15) is 14.7 Å². The van der Waals surface area contributed by atoms with Crippen molar-refractivity contribution in [2.75, 3.05) is 0 Å². The molecule has 0 aliphatic rings. The predicted octanol–water partition coefficient (Wildman–Crippen LogP) is 1.53. The van der Waals surface area contributed by atoms with Crippen molar-refractivity contribution in [1.82, 2.24) is 15.4 Å². The Balaban J connectivity index is 2.09. The molecule has 1 amide bonds. The van der Waals surface area contributed by atoms with E-state index in [0.29, 0.717) is 17.0 Å². The Morgan fingerprint density at radius 3 is 2.78 bits per heavy atom. The molecular formula is C15H16N4O3S. The zero-order valence-corrected chi connectivity index (χ0v) is 13.5. The molecule has 0 saturated carbocycles. The van der Waals surface area contributed by atoms with Crippen LogP contribution >= 0.6 is 12.2 Å². The molecule has 4 N–H and O–H groups in total. The van der Waals surface area contributed by atoms with Gasteiger partial charge in [0, 0.05) is 17.3 Å². The van der Waals surface area contributed by atoms with E-state index in [1.54, 1.807) is 25.1 Å². The summed E-state index contributed by atoms with van der Waals surface area (Å²) in [6, 6.07) is 6.38. The first-order valence-corrected chi connectivity index (χ1v) is 7.21. The highest BCUT2D eigenvalue weighted by Crippen LogP contribution is 2.18. The Bertz CT molecular complexity index is 855. The number of phenols is 1. The number of hydrazone groups is 1. The van der Waals surface area contributed by atoms with Gasteiger partial charge in [0.15, 0.2) is 4.77 Å². The average Bonchev–Trinajstić information content (AvgIpc) is 2.46. The van der Waals surface area contributed by atoms with E-state index in [1.807, 2.05) is 6.92 Å². The zero-order chi connectivity index (χ0) is 17.0. The second-order valence-electron chi connectivity index (χ2n) is 5.04. The fourth-order valence-corrected chi connectivity index (χ4v) is 2.20. The first-order valence-electron chi connectivity index (χ1n) is 6.81. The number of hydrogen-bond acceptors (Lipinski definition) is 5. The standard InChI is InChI=1S/C15H16N4O3S/c1-8-3-4-12(20)11(5-8)9(2)18-19-14(22)7-10-6-13(21)17-15(23)16-10/h3-6,20H,7H2,1-2H3,(H,19,22)(H2,16,17,21,23)/b18-9+. The number of carbonyl (C=O) groups excluding carboxylic acids is 1. The molecule has 120 valence electrons. The maximum atomic E-state index is 11.9. The van der Waals surface area contributed by atoms with Gasteiger partial charge in [0.25, 0.3) is 5.56 Å². The van der Waals surface area contributed by atoms with Crippen molar-refractivity contribution in [3.05, 3.63) is 56.2 Å². The largest absolute Gasteiger partial charge is 0.507 e. The predicted molar refractivity (Wildman–Crippen MR) is 89.1 cm³/mol. The summed E-state index contributed by atoms with van der Waals surface area (Å²) in [6.07, 6.45) is -0.0653. The van der Waals surface area contributed by atoms with E-state index in [4.69, 9.17) is 12.2 Å². The van der Waals surface area contributed by atoms with Crippen molar-refractivity contribution in [2.45, 2.75) is 20.3 Å². The summed E-state index contributed by atoms with van der Waals surface area (Å²) >= 11 is 4.84. The number of nitrogens with one attached hydrogen (secondary N) is 3. The molecule has 2 rings (SSSR count). The van der Waals surface area contributed by atoms with Crippen LogP contribution in [0.15, 0.2) is 34.2 Å². The van der Waals surface area contributed by atoms with E-state index in [2.05, 4.69) is 20.5 Å². The van der Waals surface area contributed by atoms with Crippen LogP contribution < -0.4 is 11.0 Å². The number of amides is 1. The lowest BCUT2D eigenvalue weighted by Crippen LogP contribution is -2.23. The minimum atomic E-state index is -0.409. The fraction of sp³-hybridized carbons (Fsp3) is 0.200. The van der Waals surface area contributed by atoms with Gasteiger partial charge in [-0.15, -0.1) is 0 Å². The van der Waals surface area contributed by atoms with Crippen molar-refractivity contribution in [2.24, 2.45) is 5.10 Å². The number of aromatic nitrogens is 2. The van der Waals surface area contributed by atoms with Gasteiger partial charge in [-0.1, -0.05) is 11.6 Å². The van der Waals surface area contributed by atoms with E-state index >= 15 is 0 Å². The monoisotopic (exact) mass is 332 g/mol. The third kappa shape index (κ3) is 4.62. The summed E-state index contributed by atoms with van der Waals surface area (Å²) in [6.45, 7) is 3.57. The maximum Gasteiger partial charge on any atom is 0.251 e.